The number of aromatic carboxylic acids is 1. The van der Waals surface area contributed by atoms with Gasteiger partial charge < -0.3 is 9.84 Å². The second-order valence-electron chi connectivity index (χ2n) is 5.70. The van der Waals surface area contributed by atoms with E-state index in [-0.39, 0.29) is 21.8 Å². The molecule has 9 heteroatoms. The van der Waals surface area contributed by atoms with Crippen LogP contribution in [0.2, 0.25) is 5.02 Å². The molecule has 0 spiro atoms. The Morgan fingerprint density at radius 2 is 1.82 bits per heavy atom. The number of benzene rings is 2. The number of methoxy groups -OCH3 is 1. The molecule has 1 saturated heterocycles. The maximum Gasteiger partial charge on any atom is 0.335 e. The molecule has 1 aliphatic rings. The van der Waals surface area contributed by atoms with Crippen molar-refractivity contribution in [1.29, 1.82) is 0 Å². The van der Waals surface area contributed by atoms with Gasteiger partial charge in [-0.3, -0.25) is 14.9 Å². The van der Waals surface area contributed by atoms with Crippen LogP contribution in [-0.2, 0) is 9.59 Å². The van der Waals surface area contributed by atoms with Gasteiger partial charge >= 0.3 is 12.0 Å². The number of nitrogens with zero attached hydrogens (tertiary/aromatic N) is 1. The number of barbiturate groups is 1. The molecule has 142 valence electrons. The van der Waals surface area contributed by atoms with Crippen LogP contribution in [-0.4, -0.2) is 36.0 Å². The summed E-state index contributed by atoms with van der Waals surface area (Å²) in [6, 6.07) is 8.87. The second kappa shape index (κ2) is 7.53. The molecule has 2 aromatic rings. The standard InChI is InChI=1S/C19H13ClN2O6/c1-28-15-7-2-10(9-14(15)20)8-13-16(23)21-19(27)22(17(13)24)12-5-3-11(4-6-12)18(25)26/h2-9H,1H3,(H,25,26)(H,21,23,27)/b13-8-. The predicted molar refractivity (Wildman–Crippen MR) is 100 cm³/mol. The van der Waals surface area contributed by atoms with Gasteiger partial charge in [-0.15, -0.1) is 0 Å². The molecule has 0 aromatic heterocycles. The first-order chi connectivity index (χ1) is 13.3. The normalized spacial score (nSPS) is 15.6. The molecule has 0 atom stereocenters. The maximum absolute atomic E-state index is 12.8. The molecular formula is C19H13ClN2O6. The van der Waals surface area contributed by atoms with Crippen LogP contribution < -0.4 is 15.0 Å². The van der Waals surface area contributed by atoms with Crippen molar-refractivity contribution in [2.45, 2.75) is 0 Å². The van der Waals surface area contributed by atoms with Crippen molar-refractivity contribution >= 4 is 47.2 Å². The first-order valence-electron chi connectivity index (χ1n) is 7.90. The Morgan fingerprint density at radius 1 is 1.14 bits per heavy atom. The number of anilines is 1. The number of amides is 4. The van der Waals surface area contributed by atoms with Gasteiger partial charge in [-0.05, 0) is 48.0 Å². The van der Waals surface area contributed by atoms with E-state index in [4.69, 9.17) is 21.4 Å². The molecule has 4 amide bonds. The smallest absolute Gasteiger partial charge is 0.335 e. The molecule has 0 aliphatic carbocycles. The average Bonchev–Trinajstić information content (AvgIpc) is 2.65. The maximum atomic E-state index is 12.8. The van der Waals surface area contributed by atoms with E-state index in [0.29, 0.717) is 11.3 Å². The highest BCUT2D eigenvalue weighted by Gasteiger charge is 2.36. The molecule has 0 unspecified atom stereocenters. The third-order valence-corrected chi connectivity index (χ3v) is 4.26. The number of carbonyl (C=O) groups is 4. The number of carboxylic acid groups (broad SMARTS) is 1. The minimum Gasteiger partial charge on any atom is -0.495 e. The first-order valence-corrected chi connectivity index (χ1v) is 8.28. The Morgan fingerprint density at radius 3 is 2.39 bits per heavy atom. The fourth-order valence-corrected chi connectivity index (χ4v) is 2.85. The second-order valence-corrected chi connectivity index (χ2v) is 6.11. The molecule has 1 heterocycles. The molecule has 28 heavy (non-hydrogen) atoms. The average molecular weight is 401 g/mol. The molecule has 1 aliphatic heterocycles. The highest BCUT2D eigenvalue weighted by atomic mass is 35.5. The lowest BCUT2D eigenvalue weighted by atomic mass is 10.1. The molecule has 8 nitrogen and oxygen atoms in total. The Hall–Kier alpha value is -3.65. The summed E-state index contributed by atoms with van der Waals surface area (Å²) >= 11 is 6.06. The van der Waals surface area contributed by atoms with Crippen LogP contribution >= 0.6 is 11.6 Å². The molecule has 0 bridgehead atoms. The van der Waals surface area contributed by atoms with E-state index in [1.165, 1.54) is 43.5 Å². The van der Waals surface area contributed by atoms with Crippen LogP contribution in [0.5, 0.6) is 5.75 Å². The molecular weight excluding hydrogens is 388 g/mol. The highest BCUT2D eigenvalue weighted by Crippen LogP contribution is 2.27. The monoisotopic (exact) mass is 400 g/mol. The Labute approximate surface area is 164 Å². The molecule has 2 aromatic carbocycles. The van der Waals surface area contributed by atoms with E-state index in [2.05, 4.69) is 5.32 Å². The van der Waals surface area contributed by atoms with Crippen LogP contribution in [0.1, 0.15) is 15.9 Å². The minimum absolute atomic E-state index is 0.00617. The Balaban J connectivity index is 1.98. The number of imide groups is 2. The van der Waals surface area contributed by atoms with Crippen molar-refractivity contribution < 1.29 is 29.0 Å². The SMILES string of the molecule is COc1ccc(/C=C2/C(=O)NC(=O)N(c3ccc(C(=O)O)cc3)C2=O)cc1Cl. The van der Waals surface area contributed by atoms with Crippen LogP contribution in [0.15, 0.2) is 48.0 Å². The number of halogens is 1. The molecule has 0 radical (unpaired) electrons. The van der Waals surface area contributed by atoms with Gasteiger partial charge in [0.15, 0.2) is 0 Å². The van der Waals surface area contributed by atoms with Gasteiger partial charge in [0.2, 0.25) is 0 Å². The van der Waals surface area contributed by atoms with Gasteiger partial charge in [-0.25, -0.2) is 14.5 Å². The predicted octanol–water partition coefficient (Wildman–Crippen LogP) is 2.71. The third-order valence-electron chi connectivity index (χ3n) is 3.96. The number of nitrogens with one attached hydrogen (secondary N) is 1. The number of carbonyl (C=O) groups excluding carboxylic acids is 3. The highest BCUT2D eigenvalue weighted by molar-refractivity contribution is 6.39. The quantitative estimate of drug-likeness (QED) is 0.602. The first kappa shape index (κ1) is 19.1. The van der Waals surface area contributed by atoms with E-state index >= 15 is 0 Å². The summed E-state index contributed by atoms with van der Waals surface area (Å²) in [4.78, 5) is 48.8. The topological polar surface area (TPSA) is 113 Å². The summed E-state index contributed by atoms with van der Waals surface area (Å²) in [5.74, 6) is -2.41. The molecule has 3 rings (SSSR count). The van der Waals surface area contributed by atoms with E-state index in [1.54, 1.807) is 12.1 Å². The summed E-state index contributed by atoms with van der Waals surface area (Å²) in [6.45, 7) is 0. The largest absolute Gasteiger partial charge is 0.495 e. The lowest BCUT2D eigenvalue weighted by molar-refractivity contribution is -0.122. The van der Waals surface area contributed by atoms with E-state index < -0.39 is 23.8 Å². The van der Waals surface area contributed by atoms with Crippen molar-refractivity contribution in [2.75, 3.05) is 12.0 Å². The fourth-order valence-electron chi connectivity index (χ4n) is 2.58. The summed E-state index contributed by atoms with van der Waals surface area (Å²) in [7, 11) is 1.45. The van der Waals surface area contributed by atoms with Crippen molar-refractivity contribution in [3.8, 4) is 5.75 Å². The van der Waals surface area contributed by atoms with Crippen LogP contribution in [0.3, 0.4) is 0 Å². The number of ether oxygens (including phenoxy) is 1. The molecule has 0 saturated carbocycles. The van der Waals surface area contributed by atoms with Crippen molar-refractivity contribution in [3.63, 3.8) is 0 Å². The van der Waals surface area contributed by atoms with Gasteiger partial charge in [0.05, 0.1) is 23.4 Å². The lowest BCUT2D eigenvalue weighted by Crippen LogP contribution is -2.54. The van der Waals surface area contributed by atoms with Gasteiger partial charge in [0.25, 0.3) is 11.8 Å². The van der Waals surface area contributed by atoms with E-state index in [0.717, 1.165) is 4.90 Å². The zero-order valence-corrected chi connectivity index (χ0v) is 15.2. The number of hydrogen-bond acceptors (Lipinski definition) is 5. The molecule has 2 N–H and O–H groups in total. The lowest BCUT2D eigenvalue weighted by Gasteiger charge is -2.26. The number of urea groups is 1. The summed E-state index contributed by atoms with van der Waals surface area (Å²) in [5, 5.41) is 11.3. The Bertz CT molecular complexity index is 1030. The van der Waals surface area contributed by atoms with Gasteiger partial charge in [-0.1, -0.05) is 17.7 Å². The third kappa shape index (κ3) is 3.58. The zero-order chi connectivity index (χ0) is 20.4. The number of rotatable bonds is 4. The summed E-state index contributed by atoms with van der Waals surface area (Å²) < 4.78 is 5.05. The Kier molecular flexibility index (Phi) is 5.14. The van der Waals surface area contributed by atoms with Crippen LogP contribution in [0.25, 0.3) is 6.08 Å². The van der Waals surface area contributed by atoms with Crippen molar-refractivity contribution in [2.24, 2.45) is 0 Å². The van der Waals surface area contributed by atoms with Crippen LogP contribution in [0, 0.1) is 0 Å². The summed E-state index contributed by atoms with van der Waals surface area (Å²) in [6.07, 6.45) is 1.30. The van der Waals surface area contributed by atoms with E-state index in [9.17, 15) is 19.2 Å². The number of carboxylic acids is 1. The van der Waals surface area contributed by atoms with Gasteiger partial charge in [0, 0.05) is 0 Å². The zero-order valence-electron chi connectivity index (χ0n) is 14.4. The fraction of sp³-hybridized carbons (Fsp3) is 0.0526. The van der Waals surface area contributed by atoms with E-state index in [1.807, 2.05) is 0 Å². The van der Waals surface area contributed by atoms with Gasteiger partial charge in [0.1, 0.15) is 11.3 Å². The van der Waals surface area contributed by atoms with Crippen molar-refractivity contribution in [1.82, 2.24) is 5.32 Å². The van der Waals surface area contributed by atoms with Crippen LogP contribution in [0.4, 0.5) is 10.5 Å². The minimum atomic E-state index is -1.15. The van der Waals surface area contributed by atoms with Gasteiger partial charge in [-0.2, -0.15) is 0 Å². The molecule has 1 fully saturated rings. The number of hydrogen-bond donors (Lipinski definition) is 2. The van der Waals surface area contributed by atoms with Crippen molar-refractivity contribution in [3.05, 3.63) is 64.2 Å². The summed E-state index contributed by atoms with van der Waals surface area (Å²) in [5.41, 5.74) is 0.301.